The van der Waals surface area contributed by atoms with Crippen LogP contribution in [0.4, 0.5) is 0 Å². The van der Waals surface area contributed by atoms with Gasteiger partial charge in [-0.05, 0) is 36.1 Å². The molecule has 2 nitrogen and oxygen atoms in total. The molecule has 0 bridgehead atoms. The van der Waals surface area contributed by atoms with Gasteiger partial charge in [0.25, 0.3) is 0 Å². The molecule has 2 rings (SSSR count). The van der Waals surface area contributed by atoms with Crippen molar-refractivity contribution in [2.75, 3.05) is 6.54 Å². The molecule has 2 atom stereocenters. The van der Waals surface area contributed by atoms with Crippen molar-refractivity contribution in [1.29, 1.82) is 0 Å². The topological polar surface area (TPSA) is 32.3 Å². The number of nitrogens with one attached hydrogen (secondary N) is 1. The van der Waals surface area contributed by atoms with E-state index in [2.05, 4.69) is 36.5 Å². The Balaban J connectivity index is 1.86. The summed E-state index contributed by atoms with van der Waals surface area (Å²) in [4.78, 5) is 0. The zero-order valence-electron chi connectivity index (χ0n) is 12.3. The molecule has 3 heteroatoms. The van der Waals surface area contributed by atoms with Crippen LogP contribution < -0.4 is 5.32 Å². The molecule has 112 valence electrons. The van der Waals surface area contributed by atoms with E-state index in [1.54, 1.807) is 12.1 Å². The van der Waals surface area contributed by atoms with Gasteiger partial charge in [-0.3, -0.25) is 0 Å². The molecule has 0 spiro atoms. The van der Waals surface area contributed by atoms with E-state index in [0.29, 0.717) is 17.6 Å². The Bertz CT molecular complexity index is 527. The summed E-state index contributed by atoms with van der Waals surface area (Å²) in [7, 11) is 0. The van der Waals surface area contributed by atoms with Gasteiger partial charge >= 0.3 is 0 Å². The summed E-state index contributed by atoms with van der Waals surface area (Å²) in [5, 5.41) is 14.4. The minimum atomic E-state index is -0.507. The molecule has 0 amide bonds. The number of hydrogen-bond acceptors (Lipinski definition) is 2. The van der Waals surface area contributed by atoms with Gasteiger partial charge in [-0.2, -0.15) is 0 Å². The molecule has 2 N–H and O–H groups in total. The fraction of sp³-hybridized carbons (Fsp3) is 0.333. The lowest BCUT2D eigenvalue weighted by Crippen LogP contribution is -2.34. The van der Waals surface area contributed by atoms with Crippen LogP contribution in [0.1, 0.15) is 30.6 Å². The maximum Gasteiger partial charge on any atom is 0.0914 e. The van der Waals surface area contributed by atoms with Gasteiger partial charge in [-0.25, -0.2) is 0 Å². The zero-order chi connectivity index (χ0) is 15.1. The Morgan fingerprint density at radius 1 is 1.05 bits per heavy atom. The second-order valence-electron chi connectivity index (χ2n) is 5.27. The molecular formula is C18H22ClNO. The van der Waals surface area contributed by atoms with Crippen LogP contribution in [-0.2, 0) is 6.42 Å². The average Bonchev–Trinajstić information content (AvgIpc) is 2.52. The van der Waals surface area contributed by atoms with Crippen molar-refractivity contribution in [2.24, 2.45) is 0 Å². The summed E-state index contributed by atoms with van der Waals surface area (Å²) in [6.07, 6.45) is 1.50. The first-order valence-corrected chi connectivity index (χ1v) is 7.77. The minimum Gasteiger partial charge on any atom is -0.387 e. The second-order valence-corrected chi connectivity index (χ2v) is 5.71. The molecule has 0 radical (unpaired) electrons. The molecule has 0 fully saturated rings. The number of halogens is 1. The van der Waals surface area contributed by atoms with Crippen molar-refractivity contribution in [1.82, 2.24) is 5.32 Å². The van der Waals surface area contributed by atoms with Crippen LogP contribution in [0.25, 0.3) is 0 Å². The smallest absolute Gasteiger partial charge is 0.0914 e. The molecule has 0 heterocycles. The van der Waals surface area contributed by atoms with Crippen LogP contribution >= 0.6 is 11.6 Å². The fourth-order valence-electron chi connectivity index (χ4n) is 2.34. The second kappa shape index (κ2) is 8.18. The SMILES string of the molecule is CCC(Cc1ccccc1)NC[C@H](O)c1ccc(Cl)cc1. The van der Waals surface area contributed by atoms with E-state index in [9.17, 15) is 5.11 Å². The molecule has 0 saturated heterocycles. The number of hydrogen-bond donors (Lipinski definition) is 2. The first-order chi connectivity index (χ1) is 10.2. The van der Waals surface area contributed by atoms with Crippen LogP contribution in [-0.4, -0.2) is 17.7 Å². The van der Waals surface area contributed by atoms with E-state index < -0.39 is 6.10 Å². The third-order valence-electron chi connectivity index (χ3n) is 3.67. The summed E-state index contributed by atoms with van der Waals surface area (Å²) in [5.74, 6) is 0. The Morgan fingerprint density at radius 3 is 2.33 bits per heavy atom. The molecule has 0 aliphatic carbocycles. The van der Waals surface area contributed by atoms with Gasteiger partial charge in [-0.15, -0.1) is 0 Å². The molecule has 0 aliphatic heterocycles. The normalized spacial score (nSPS) is 13.9. The van der Waals surface area contributed by atoms with E-state index in [1.807, 2.05) is 18.2 Å². The highest BCUT2D eigenvalue weighted by atomic mass is 35.5. The summed E-state index contributed by atoms with van der Waals surface area (Å²) in [6.45, 7) is 2.71. The average molecular weight is 304 g/mol. The molecule has 1 unspecified atom stereocenters. The largest absolute Gasteiger partial charge is 0.387 e. The Hall–Kier alpha value is -1.35. The van der Waals surface area contributed by atoms with Gasteiger partial charge in [0.05, 0.1) is 6.10 Å². The van der Waals surface area contributed by atoms with Gasteiger partial charge in [-0.1, -0.05) is 61.0 Å². The Labute approximate surface area is 131 Å². The van der Waals surface area contributed by atoms with Gasteiger partial charge in [0.2, 0.25) is 0 Å². The van der Waals surface area contributed by atoms with E-state index in [1.165, 1.54) is 5.56 Å². The van der Waals surface area contributed by atoms with Crippen molar-refractivity contribution in [3.63, 3.8) is 0 Å². The Morgan fingerprint density at radius 2 is 1.71 bits per heavy atom. The van der Waals surface area contributed by atoms with Crippen molar-refractivity contribution in [3.8, 4) is 0 Å². The number of benzene rings is 2. The van der Waals surface area contributed by atoms with Crippen LogP contribution in [0.5, 0.6) is 0 Å². The highest BCUT2D eigenvalue weighted by molar-refractivity contribution is 6.30. The van der Waals surface area contributed by atoms with E-state index in [4.69, 9.17) is 11.6 Å². The van der Waals surface area contributed by atoms with Crippen LogP contribution in [0, 0.1) is 0 Å². The summed E-state index contributed by atoms with van der Waals surface area (Å²) < 4.78 is 0. The van der Waals surface area contributed by atoms with Crippen LogP contribution in [0.15, 0.2) is 54.6 Å². The van der Waals surface area contributed by atoms with Crippen molar-refractivity contribution < 1.29 is 5.11 Å². The molecule has 0 aliphatic rings. The monoisotopic (exact) mass is 303 g/mol. The number of aliphatic hydroxyl groups is 1. The lowest BCUT2D eigenvalue weighted by atomic mass is 10.0. The molecule has 21 heavy (non-hydrogen) atoms. The predicted molar refractivity (Wildman–Crippen MR) is 88.6 cm³/mol. The van der Waals surface area contributed by atoms with Gasteiger partial charge < -0.3 is 10.4 Å². The van der Waals surface area contributed by atoms with Crippen LogP contribution in [0.2, 0.25) is 5.02 Å². The summed E-state index contributed by atoms with van der Waals surface area (Å²) in [5.41, 5.74) is 2.21. The van der Waals surface area contributed by atoms with E-state index >= 15 is 0 Å². The highest BCUT2D eigenvalue weighted by Crippen LogP contribution is 2.16. The van der Waals surface area contributed by atoms with Crippen LogP contribution in [0.3, 0.4) is 0 Å². The minimum absolute atomic E-state index is 0.370. The third kappa shape index (κ3) is 5.16. The quantitative estimate of drug-likeness (QED) is 0.811. The molecule has 0 aromatic heterocycles. The maximum absolute atomic E-state index is 10.2. The van der Waals surface area contributed by atoms with E-state index in [0.717, 1.165) is 18.4 Å². The third-order valence-corrected chi connectivity index (χ3v) is 3.92. The Kier molecular flexibility index (Phi) is 6.24. The molecule has 0 saturated carbocycles. The van der Waals surface area contributed by atoms with Gasteiger partial charge in [0.1, 0.15) is 0 Å². The predicted octanol–water partition coefficient (Wildman–Crippen LogP) is 3.98. The van der Waals surface area contributed by atoms with Crippen molar-refractivity contribution in [2.45, 2.75) is 31.9 Å². The number of rotatable bonds is 7. The summed E-state index contributed by atoms with van der Waals surface area (Å²) >= 11 is 5.86. The van der Waals surface area contributed by atoms with Gasteiger partial charge in [0.15, 0.2) is 0 Å². The fourth-order valence-corrected chi connectivity index (χ4v) is 2.47. The zero-order valence-corrected chi connectivity index (χ0v) is 13.1. The lowest BCUT2D eigenvalue weighted by Gasteiger charge is -2.20. The summed E-state index contributed by atoms with van der Waals surface area (Å²) in [6, 6.07) is 18.1. The molecule has 2 aromatic carbocycles. The maximum atomic E-state index is 10.2. The van der Waals surface area contributed by atoms with E-state index in [-0.39, 0.29) is 0 Å². The highest BCUT2D eigenvalue weighted by Gasteiger charge is 2.11. The van der Waals surface area contributed by atoms with Crippen molar-refractivity contribution in [3.05, 3.63) is 70.7 Å². The van der Waals surface area contributed by atoms with Crippen molar-refractivity contribution >= 4 is 11.6 Å². The molecular weight excluding hydrogens is 282 g/mol. The first kappa shape index (κ1) is 16.0. The van der Waals surface area contributed by atoms with Gasteiger partial charge in [0, 0.05) is 17.6 Å². The first-order valence-electron chi connectivity index (χ1n) is 7.40. The molecule has 2 aromatic rings. The standard InChI is InChI=1S/C18H22ClNO/c1-2-17(12-14-6-4-3-5-7-14)20-13-18(21)15-8-10-16(19)11-9-15/h3-11,17-18,20-21H,2,12-13H2,1H3/t17?,18-/m0/s1. The number of aliphatic hydroxyl groups excluding tert-OH is 1. The lowest BCUT2D eigenvalue weighted by molar-refractivity contribution is 0.169.